The summed E-state index contributed by atoms with van der Waals surface area (Å²) in [4.78, 5) is 11.1. The molecule has 1 aromatic carbocycles. The molecule has 5 nitrogen and oxygen atoms in total. The van der Waals surface area contributed by atoms with Crippen LogP contribution < -0.4 is 0 Å². The normalized spacial score (nSPS) is 21.8. The molecule has 0 amide bonds. The van der Waals surface area contributed by atoms with Gasteiger partial charge in [0.1, 0.15) is 6.04 Å². The van der Waals surface area contributed by atoms with Crippen molar-refractivity contribution in [2.75, 3.05) is 12.3 Å². The van der Waals surface area contributed by atoms with Gasteiger partial charge in [0.25, 0.3) is 0 Å². The third-order valence-corrected chi connectivity index (χ3v) is 5.75. The predicted octanol–water partition coefficient (Wildman–Crippen LogP) is 1.67. The maximum atomic E-state index is 12.4. The molecule has 0 saturated carbocycles. The van der Waals surface area contributed by atoms with Crippen LogP contribution in [0.3, 0.4) is 0 Å². The molecule has 110 valence electrons. The predicted molar refractivity (Wildman–Crippen MR) is 76.0 cm³/mol. The van der Waals surface area contributed by atoms with Gasteiger partial charge in [-0.15, -0.1) is 0 Å². The summed E-state index contributed by atoms with van der Waals surface area (Å²) in [6.07, 6.45) is 1.00. The fraction of sp³-hybridized carbons (Fsp3) is 0.500. The van der Waals surface area contributed by atoms with E-state index < -0.39 is 22.0 Å². The summed E-state index contributed by atoms with van der Waals surface area (Å²) in [7, 11) is -3.55. The summed E-state index contributed by atoms with van der Waals surface area (Å²) in [5, 5.41) is 9.09. The van der Waals surface area contributed by atoms with Crippen LogP contribution in [0, 0.1) is 0 Å². The molecule has 1 aromatic rings. The average molecular weight is 297 g/mol. The van der Waals surface area contributed by atoms with Crippen LogP contribution in [0.25, 0.3) is 0 Å². The van der Waals surface area contributed by atoms with E-state index in [0.717, 1.165) is 9.87 Å². The molecular formula is C14H19NO4S. The van der Waals surface area contributed by atoms with Crippen molar-refractivity contribution in [1.82, 2.24) is 4.31 Å². The monoisotopic (exact) mass is 297 g/mol. The highest BCUT2D eigenvalue weighted by atomic mass is 32.2. The van der Waals surface area contributed by atoms with E-state index in [1.54, 1.807) is 0 Å². The van der Waals surface area contributed by atoms with Gasteiger partial charge in [-0.1, -0.05) is 37.3 Å². The van der Waals surface area contributed by atoms with Gasteiger partial charge in [-0.3, -0.25) is 4.79 Å². The molecule has 2 atom stereocenters. The Morgan fingerprint density at radius 1 is 1.40 bits per heavy atom. The summed E-state index contributed by atoms with van der Waals surface area (Å²) >= 11 is 0. The minimum absolute atomic E-state index is 0.0548. The third-order valence-electron chi connectivity index (χ3n) is 3.68. The number of benzene rings is 1. The smallest absolute Gasteiger partial charge is 0.322 e. The number of sulfonamides is 1. The van der Waals surface area contributed by atoms with E-state index in [1.165, 1.54) is 0 Å². The number of carbonyl (C=O) groups is 1. The van der Waals surface area contributed by atoms with Crippen LogP contribution in [-0.2, 0) is 14.8 Å². The van der Waals surface area contributed by atoms with E-state index in [4.69, 9.17) is 5.11 Å². The quantitative estimate of drug-likeness (QED) is 0.897. The Morgan fingerprint density at radius 3 is 2.65 bits per heavy atom. The number of carboxylic acid groups (broad SMARTS) is 1. The highest BCUT2D eigenvalue weighted by Gasteiger charge is 2.39. The van der Waals surface area contributed by atoms with Gasteiger partial charge in [-0.2, -0.15) is 4.31 Å². The van der Waals surface area contributed by atoms with Crippen LogP contribution in [0.4, 0.5) is 0 Å². The SMILES string of the molecule is CC(CS(=O)(=O)N1CCC[C@@H]1C(=O)O)c1ccccc1. The Hall–Kier alpha value is -1.40. The van der Waals surface area contributed by atoms with Crippen LogP contribution in [0.15, 0.2) is 30.3 Å². The van der Waals surface area contributed by atoms with Crippen molar-refractivity contribution in [2.24, 2.45) is 0 Å². The molecule has 0 aliphatic carbocycles. The lowest BCUT2D eigenvalue weighted by Gasteiger charge is -2.23. The molecule has 1 fully saturated rings. The molecule has 6 heteroatoms. The average Bonchev–Trinajstić information content (AvgIpc) is 2.89. The Labute approximate surface area is 119 Å². The second kappa shape index (κ2) is 5.93. The van der Waals surface area contributed by atoms with Gasteiger partial charge in [0, 0.05) is 6.54 Å². The molecule has 0 bridgehead atoms. The molecule has 0 aromatic heterocycles. The lowest BCUT2D eigenvalue weighted by Crippen LogP contribution is -2.42. The third kappa shape index (κ3) is 3.19. The summed E-state index contributed by atoms with van der Waals surface area (Å²) in [5.74, 6) is -1.27. The van der Waals surface area contributed by atoms with Crippen LogP contribution in [0.2, 0.25) is 0 Å². The number of aliphatic carboxylic acids is 1. The Morgan fingerprint density at radius 2 is 2.05 bits per heavy atom. The van der Waals surface area contributed by atoms with E-state index in [-0.39, 0.29) is 11.7 Å². The summed E-state index contributed by atoms with van der Waals surface area (Å²) in [6.45, 7) is 2.15. The van der Waals surface area contributed by atoms with Gasteiger partial charge in [0.05, 0.1) is 5.75 Å². The maximum absolute atomic E-state index is 12.4. The highest BCUT2D eigenvalue weighted by Crippen LogP contribution is 2.25. The largest absolute Gasteiger partial charge is 0.480 e. The van der Waals surface area contributed by atoms with Gasteiger partial charge in [-0.05, 0) is 24.3 Å². The lowest BCUT2D eigenvalue weighted by atomic mass is 10.0. The Balaban J connectivity index is 2.13. The number of carboxylic acids is 1. The van der Waals surface area contributed by atoms with Crippen molar-refractivity contribution in [3.63, 3.8) is 0 Å². The standard InChI is InChI=1S/C14H19NO4S/c1-11(12-6-3-2-4-7-12)10-20(18,19)15-9-5-8-13(15)14(16)17/h2-4,6-7,11,13H,5,8-10H2,1H3,(H,16,17)/t11?,13-/m1/s1. The molecule has 1 heterocycles. The number of rotatable bonds is 5. The van der Waals surface area contributed by atoms with Gasteiger partial charge >= 0.3 is 5.97 Å². The van der Waals surface area contributed by atoms with E-state index >= 15 is 0 Å². The van der Waals surface area contributed by atoms with Gasteiger partial charge in [-0.25, -0.2) is 8.42 Å². The Bertz CT molecular complexity index is 570. The number of nitrogens with zero attached hydrogens (tertiary/aromatic N) is 1. The van der Waals surface area contributed by atoms with E-state index in [1.807, 2.05) is 37.3 Å². The topological polar surface area (TPSA) is 74.7 Å². The van der Waals surface area contributed by atoms with Crippen molar-refractivity contribution in [3.05, 3.63) is 35.9 Å². The molecule has 1 saturated heterocycles. The molecule has 1 aliphatic heterocycles. The zero-order valence-electron chi connectivity index (χ0n) is 11.4. The van der Waals surface area contributed by atoms with Crippen LogP contribution in [0.5, 0.6) is 0 Å². The van der Waals surface area contributed by atoms with Crippen molar-refractivity contribution in [3.8, 4) is 0 Å². The molecule has 1 N–H and O–H groups in total. The molecule has 0 radical (unpaired) electrons. The van der Waals surface area contributed by atoms with E-state index in [2.05, 4.69) is 0 Å². The maximum Gasteiger partial charge on any atom is 0.322 e. The zero-order valence-corrected chi connectivity index (χ0v) is 12.2. The fourth-order valence-electron chi connectivity index (χ4n) is 2.61. The minimum atomic E-state index is -3.55. The zero-order chi connectivity index (χ0) is 14.8. The first-order valence-corrected chi connectivity index (χ1v) is 8.30. The summed E-state index contributed by atoms with van der Waals surface area (Å²) < 4.78 is 25.9. The highest BCUT2D eigenvalue weighted by molar-refractivity contribution is 7.89. The van der Waals surface area contributed by atoms with Crippen molar-refractivity contribution < 1.29 is 18.3 Å². The van der Waals surface area contributed by atoms with Crippen LogP contribution in [0.1, 0.15) is 31.2 Å². The van der Waals surface area contributed by atoms with E-state index in [9.17, 15) is 13.2 Å². The fourth-order valence-corrected chi connectivity index (χ4v) is 4.62. The summed E-state index contributed by atoms with van der Waals surface area (Å²) in [6, 6.07) is 8.49. The second-order valence-electron chi connectivity index (χ2n) is 5.20. The number of hydrogen-bond donors (Lipinski definition) is 1. The van der Waals surface area contributed by atoms with E-state index in [0.29, 0.717) is 19.4 Å². The molecule has 20 heavy (non-hydrogen) atoms. The molecule has 2 rings (SSSR count). The molecule has 1 aliphatic rings. The van der Waals surface area contributed by atoms with Crippen LogP contribution >= 0.6 is 0 Å². The van der Waals surface area contributed by atoms with Crippen molar-refractivity contribution >= 4 is 16.0 Å². The summed E-state index contributed by atoms with van der Waals surface area (Å²) in [5.41, 5.74) is 0.946. The first-order valence-electron chi connectivity index (χ1n) is 6.69. The minimum Gasteiger partial charge on any atom is -0.480 e. The van der Waals surface area contributed by atoms with Gasteiger partial charge in [0.15, 0.2) is 0 Å². The van der Waals surface area contributed by atoms with Crippen molar-refractivity contribution in [1.29, 1.82) is 0 Å². The first kappa shape index (κ1) is 15.0. The van der Waals surface area contributed by atoms with Crippen LogP contribution in [-0.4, -0.2) is 42.1 Å². The number of hydrogen-bond acceptors (Lipinski definition) is 3. The molecular weight excluding hydrogens is 278 g/mol. The molecule has 0 spiro atoms. The lowest BCUT2D eigenvalue weighted by molar-refractivity contribution is -0.140. The molecule has 1 unspecified atom stereocenters. The van der Waals surface area contributed by atoms with Crippen molar-refractivity contribution in [2.45, 2.75) is 31.7 Å². The first-order chi connectivity index (χ1) is 9.42. The second-order valence-corrected chi connectivity index (χ2v) is 7.16. The van der Waals surface area contributed by atoms with Gasteiger partial charge in [0.2, 0.25) is 10.0 Å². The Kier molecular flexibility index (Phi) is 4.45. The van der Waals surface area contributed by atoms with Gasteiger partial charge < -0.3 is 5.11 Å².